The number of rotatable bonds is 5. The summed E-state index contributed by atoms with van der Waals surface area (Å²) in [6, 6.07) is 10.7. The summed E-state index contributed by atoms with van der Waals surface area (Å²) < 4.78 is 6.37. The summed E-state index contributed by atoms with van der Waals surface area (Å²) in [7, 11) is 0. The first-order valence-corrected chi connectivity index (χ1v) is 8.13. The zero-order valence-electron chi connectivity index (χ0n) is 12.6. The Hall–Kier alpha value is -2.54. The molecule has 6 nitrogen and oxygen atoms in total. The third-order valence-electron chi connectivity index (χ3n) is 3.65. The van der Waals surface area contributed by atoms with E-state index in [4.69, 9.17) is 4.42 Å². The highest BCUT2D eigenvalue weighted by atomic mass is 79.9. The number of aliphatic carboxylic acids is 1. The van der Waals surface area contributed by atoms with E-state index in [9.17, 15) is 14.7 Å². The van der Waals surface area contributed by atoms with Gasteiger partial charge in [-0.15, -0.1) is 0 Å². The van der Waals surface area contributed by atoms with Crippen molar-refractivity contribution >= 4 is 33.5 Å². The van der Waals surface area contributed by atoms with Crippen molar-refractivity contribution in [1.82, 2.24) is 10.4 Å². The lowest BCUT2D eigenvalue weighted by Crippen LogP contribution is -2.40. The van der Waals surface area contributed by atoms with E-state index in [1.54, 1.807) is 12.1 Å². The fourth-order valence-electron chi connectivity index (χ4n) is 2.48. The first-order chi connectivity index (χ1) is 11.5. The zero-order chi connectivity index (χ0) is 17.1. The average Bonchev–Trinajstić information content (AvgIpc) is 3.22. The van der Waals surface area contributed by atoms with Gasteiger partial charge in [0.05, 0.1) is 12.0 Å². The summed E-state index contributed by atoms with van der Waals surface area (Å²) in [4.78, 5) is 23.0. The molecule has 0 bridgehead atoms. The highest BCUT2D eigenvalue weighted by Gasteiger charge is 2.32. The second-order valence-electron chi connectivity index (χ2n) is 5.30. The number of carboxylic acid groups (broad SMARTS) is 1. The van der Waals surface area contributed by atoms with Crippen molar-refractivity contribution in [2.75, 3.05) is 0 Å². The standard InChI is InChI=1S/C17H15BrN2O4/c18-12-5-3-11(4-6-12)13-10-14(15-2-1-9-24-15)20(19-13)16(21)7-8-17(22)23/h1-6,9-10,14,19H,7-8H2,(H,22,23)/p-1. The molecule has 7 heteroatoms. The predicted molar refractivity (Wildman–Crippen MR) is 87.8 cm³/mol. The van der Waals surface area contributed by atoms with Crippen molar-refractivity contribution in [1.29, 1.82) is 0 Å². The number of hydrogen-bond acceptors (Lipinski definition) is 5. The molecule has 0 saturated carbocycles. The molecule has 1 aliphatic rings. The van der Waals surface area contributed by atoms with Gasteiger partial charge in [0.25, 0.3) is 0 Å². The third kappa shape index (κ3) is 3.51. The number of hydrogen-bond donors (Lipinski definition) is 1. The van der Waals surface area contributed by atoms with Crippen LogP contribution >= 0.6 is 15.9 Å². The smallest absolute Gasteiger partial charge is 0.242 e. The van der Waals surface area contributed by atoms with Crippen LogP contribution in [0.15, 0.2) is 57.6 Å². The molecule has 0 fully saturated rings. The fraction of sp³-hybridized carbons (Fsp3) is 0.176. The van der Waals surface area contributed by atoms with Gasteiger partial charge < -0.3 is 14.3 Å². The van der Waals surface area contributed by atoms with Gasteiger partial charge in [0.15, 0.2) is 0 Å². The second kappa shape index (κ2) is 6.92. The number of nitrogens with zero attached hydrogens (tertiary/aromatic N) is 1. The van der Waals surface area contributed by atoms with Gasteiger partial charge in [-0.1, -0.05) is 28.1 Å². The lowest BCUT2D eigenvalue weighted by molar-refractivity contribution is -0.305. The lowest BCUT2D eigenvalue weighted by Gasteiger charge is -2.24. The fourth-order valence-corrected chi connectivity index (χ4v) is 2.74. The molecule has 1 N–H and O–H groups in total. The van der Waals surface area contributed by atoms with Gasteiger partial charge in [-0.2, -0.15) is 0 Å². The first kappa shape index (κ1) is 16.3. The highest BCUT2D eigenvalue weighted by Crippen LogP contribution is 2.32. The Labute approximate surface area is 146 Å². The van der Waals surface area contributed by atoms with Gasteiger partial charge >= 0.3 is 0 Å². The number of halogens is 1. The normalized spacial score (nSPS) is 16.6. The Morgan fingerprint density at radius 1 is 1.21 bits per heavy atom. The molecule has 1 unspecified atom stereocenters. The van der Waals surface area contributed by atoms with Crippen LogP contribution in [0.3, 0.4) is 0 Å². The molecule has 1 aromatic carbocycles. The molecule has 1 amide bonds. The van der Waals surface area contributed by atoms with Crippen molar-refractivity contribution in [3.05, 3.63) is 64.5 Å². The minimum atomic E-state index is -1.25. The molecule has 2 aromatic rings. The maximum absolute atomic E-state index is 12.4. The van der Waals surface area contributed by atoms with Crippen LogP contribution in [0, 0.1) is 0 Å². The molecule has 0 saturated heterocycles. The van der Waals surface area contributed by atoms with Crippen molar-refractivity contribution in [3.63, 3.8) is 0 Å². The minimum Gasteiger partial charge on any atom is -0.550 e. The molecule has 0 spiro atoms. The van der Waals surface area contributed by atoms with Crippen molar-refractivity contribution in [3.8, 4) is 0 Å². The summed E-state index contributed by atoms with van der Waals surface area (Å²) in [6.07, 6.45) is 2.94. The number of benzene rings is 1. The van der Waals surface area contributed by atoms with Crippen LogP contribution in [0.4, 0.5) is 0 Å². The molecule has 24 heavy (non-hydrogen) atoms. The Bertz CT molecular complexity index is 768. The third-order valence-corrected chi connectivity index (χ3v) is 4.17. The van der Waals surface area contributed by atoms with Crippen molar-refractivity contribution in [2.45, 2.75) is 18.9 Å². The van der Waals surface area contributed by atoms with E-state index in [0.29, 0.717) is 5.76 Å². The van der Waals surface area contributed by atoms with E-state index in [-0.39, 0.29) is 18.7 Å². The van der Waals surface area contributed by atoms with Gasteiger partial charge in [-0.25, -0.2) is 5.01 Å². The number of furan rings is 1. The van der Waals surface area contributed by atoms with Crippen molar-refractivity contribution < 1.29 is 19.1 Å². The van der Waals surface area contributed by atoms with Gasteiger partial charge in [-0.3, -0.25) is 10.2 Å². The molecule has 2 heterocycles. The Morgan fingerprint density at radius 2 is 1.96 bits per heavy atom. The predicted octanol–water partition coefficient (Wildman–Crippen LogP) is 2.00. The number of hydrazine groups is 1. The van der Waals surface area contributed by atoms with Gasteiger partial charge in [-0.05, 0) is 42.3 Å². The topological polar surface area (TPSA) is 85.6 Å². The van der Waals surface area contributed by atoms with Crippen LogP contribution in [0.25, 0.3) is 5.70 Å². The molecular weight excluding hydrogens is 376 g/mol. The minimum absolute atomic E-state index is 0.145. The number of carboxylic acids is 1. The van der Waals surface area contributed by atoms with E-state index >= 15 is 0 Å². The molecule has 124 valence electrons. The van der Waals surface area contributed by atoms with Gasteiger partial charge in [0, 0.05) is 16.9 Å². The van der Waals surface area contributed by atoms with Crippen LogP contribution in [0.1, 0.15) is 30.2 Å². The monoisotopic (exact) mass is 389 g/mol. The maximum atomic E-state index is 12.4. The van der Waals surface area contributed by atoms with Crippen LogP contribution in [0.2, 0.25) is 0 Å². The number of carbonyl (C=O) groups excluding carboxylic acids is 2. The van der Waals surface area contributed by atoms with E-state index in [2.05, 4.69) is 21.4 Å². The molecule has 0 radical (unpaired) electrons. The van der Waals surface area contributed by atoms with Crippen LogP contribution in [-0.2, 0) is 9.59 Å². The zero-order valence-corrected chi connectivity index (χ0v) is 14.2. The number of nitrogens with one attached hydrogen (secondary N) is 1. The molecule has 1 aliphatic heterocycles. The lowest BCUT2D eigenvalue weighted by atomic mass is 10.1. The second-order valence-corrected chi connectivity index (χ2v) is 6.21. The SMILES string of the molecule is O=C([O-])CCC(=O)N1NC(c2ccc(Br)cc2)=CC1c1ccco1. The van der Waals surface area contributed by atoms with E-state index in [1.807, 2.05) is 30.3 Å². The van der Waals surface area contributed by atoms with Gasteiger partial charge in [0.1, 0.15) is 11.8 Å². The molecule has 1 aromatic heterocycles. The largest absolute Gasteiger partial charge is 0.550 e. The van der Waals surface area contributed by atoms with Crippen molar-refractivity contribution in [2.24, 2.45) is 0 Å². The number of carbonyl (C=O) groups is 2. The summed E-state index contributed by atoms with van der Waals surface area (Å²) in [6.45, 7) is 0. The Balaban J connectivity index is 1.85. The molecular formula is C17H14BrN2O4-. The molecule has 3 rings (SSSR count). The van der Waals surface area contributed by atoms with Gasteiger partial charge in [0.2, 0.25) is 5.91 Å². The molecule has 0 aliphatic carbocycles. The Morgan fingerprint density at radius 3 is 2.58 bits per heavy atom. The number of amides is 1. The van der Waals surface area contributed by atoms with Crippen LogP contribution < -0.4 is 10.5 Å². The summed E-state index contributed by atoms with van der Waals surface area (Å²) in [5.41, 5.74) is 4.71. The van der Waals surface area contributed by atoms with E-state index < -0.39 is 12.0 Å². The summed E-state index contributed by atoms with van der Waals surface area (Å²) in [5, 5.41) is 12.0. The summed E-state index contributed by atoms with van der Waals surface area (Å²) >= 11 is 3.39. The quantitative estimate of drug-likeness (QED) is 0.844. The Kier molecular flexibility index (Phi) is 4.71. The van der Waals surface area contributed by atoms with E-state index in [1.165, 1.54) is 11.3 Å². The average molecular weight is 390 g/mol. The maximum Gasteiger partial charge on any atom is 0.242 e. The van der Waals surface area contributed by atoms with Crippen LogP contribution in [-0.4, -0.2) is 16.9 Å². The highest BCUT2D eigenvalue weighted by molar-refractivity contribution is 9.10. The van der Waals surface area contributed by atoms with E-state index in [0.717, 1.165) is 15.7 Å². The van der Waals surface area contributed by atoms with Crippen LogP contribution in [0.5, 0.6) is 0 Å². The molecule has 1 atom stereocenters. The summed E-state index contributed by atoms with van der Waals surface area (Å²) in [5.74, 6) is -1.00. The first-order valence-electron chi connectivity index (χ1n) is 7.34.